The Morgan fingerprint density at radius 1 is 1.13 bits per heavy atom. The molecule has 0 radical (unpaired) electrons. The van der Waals surface area contributed by atoms with Crippen molar-refractivity contribution in [1.82, 2.24) is 14.5 Å². The van der Waals surface area contributed by atoms with Gasteiger partial charge in [-0.05, 0) is 73.7 Å². The average molecular weight is 526 g/mol. The highest BCUT2D eigenvalue weighted by molar-refractivity contribution is 6.08. The number of carbonyl (C=O) groups is 1. The van der Waals surface area contributed by atoms with Gasteiger partial charge in [0, 0.05) is 25.1 Å². The first kappa shape index (κ1) is 26.1. The summed E-state index contributed by atoms with van der Waals surface area (Å²) in [6, 6.07) is 20.1. The van der Waals surface area contributed by atoms with Gasteiger partial charge in [0.15, 0.2) is 0 Å². The van der Waals surface area contributed by atoms with E-state index in [0.717, 1.165) is 59.4 Å². The van der Waals surface area contributed by atoms with Gasteiger partial charge in [0.2, 0.25) is 6.61 Å². The van der Waals surface area contributed by atoms with Gasteiger partial charge in [0.1, 0.15) is 11.5 Å². The molecule has 0 unspecified atom stereocenters. The largest absolute Gasteiger partial charge is 0.463 e. The van der Waals surface area contributed by atoms with Crippen LogP contribution in [0.2, 0.25) is 0 Å². The van der Waals surface area contributed by atoms with E-state index in [1.165, 1.54) is 5.56 Å². The fourth-order valence-corrected chi connectivity index (χ4v) is 4.91. The van der Waals surface area contributed by atoms with Gasteiger partial charge in [-0.15, -0.1) is 0 Å². The van der Waals surface area contributed by atoms with E-state index >= 15 is 0 Å². The number of imidazole rings is 1. The highest BCUT2D eigenvalue weighted by atomic mass is 16.7. The van der Waals surface area contributed by atoms with Crippen molar-refractivity contribution < 1.29 is 19.8 Å². The van der Waals surface area contributed by atoms with Crippen LogP contribution in [-0.4, -0.2) is 45.3 Å². The van der Waals surface area contributed by atoms with Crippen molar-refractivity contribution in [3.63, 3.8) is 0 Å². The van der Waals surface area contributed by atoms with Crippen LogP contribution in [0, 0.1) is 0 Å². The molecule has 1 fully saturated rings. The smallest absolute Gasteiger partial charge is 0.347 e. The summed E-state index contributed by atoms with van der Waals surface area (Å²) in [6.07, 6.45) is 5.19. The number of aromatic nitrogens is 3. The number of amidine groups is 1. The fraction of sp³-hybridized carbons (Fsp3) is 0.300. The zero-order valence-corrected chi connectivity index (χ0v) is 22.3. The van der Waals surface area contributed by atoms with Gasteiger partial charge in [-0.25, -0.2) is 9.78 Å². The molecule has 200 valence electrons. The fourth-order valence-electron chi connectivity index (χ4n) is 4.91. The summed E-state index contributed by atoms with van der Waals surface area (Å²) in [5.41, 5.74) is 11.9. The third kappa shape index (κ3) is 5.52. The van der Waals surface area contributed by atoms with Gasteiger partial charge in [-0.2, -0.15) is 0 Å². The molecule has 5 rings (SSSR count). The van der Waals surface area contributed by atoms with Gasteiger partial charge in [-0.3, -0.25) is 16.1 Å². The quantitative estimate of drug-likeness (QED) is 0.134. The highest BCUT2D eigenvalue weighted by Gasteiger charge is 2.50. The molecule has 2 heterocycles. The first-order chi connectivity index (χ1) is 18.9. The Morgan fingerprint density at radius 2 is 1.92 bits per heavy atom. The van der Waals surface area contributed by atoms with Gasteiger partial charge in [-0.1, -0.05) is 29.4 Å². The number of hydrogen-bond acceptors (Lipinski definition) is 6. The number of hydrogen-bond donors (Lipinski definition) is 2. The number of oxime groups is 1. The molecule has 0 saturated heterocycles. The third-order valence-electron chi connectivity index (χ3n) is 7.20. The molecule has 2 aromatic heterocycles. The number of benzene rings is 2. The van der Waals surface area contributed by atoms with Gasteiger partial charge in [0.05, 0.1) is 28.9 Å². The van der Waals surface area contributed by atoms with Crippen molar-refractivity contribution in [3.8, 4) is 0 Å². The third-order valence-corrected chi connectivity index (χ3v) is 7.20. The number of aryl methyl sites for hydroxylation is 3. The monoisotopic (exact) mass is 525 g/mol. The lowest BCUT2D eigenvalue weighted by Gasteiger charge is -2.18. The number of rotatable bonds is 11. The molecule has 39 heavy (non-hydrogen) atoms. The topological polar surface area (TPSA) is 130 Å². The summed E-state index contributed by atoms with van der Waals surface area (Å²) in [5.74, 6) is 0.881. The van der Waals surface area contributed by atoms with E-state index < -0.39 is 5.97 Å². The lowest BCUT2D eigenvalue weighted by molar-refractivity contribution is -0.148. The molecule has 0 amide bonds. The number of pyridine rings is 1. The number of fused-ring (bicyclic) bond motifs is 1. The summed E-state index contributed by atoms with van der Waals surface area (Å²) < 4.78 is 7.12. The van der Waals surface area contributed by atoms with Crippen molar-refractivity contribution in [2.45, 2.75) is 38.0 Å². The number of carbonyl (C=O) groups excluding carboxylic acids is 1. The summed E-state index contributed by atoms with van der Waals surface area (Å²) in [6.45, 7) is 1.81. The second-order valence-corrected chi connectivity index (χ2v) is 9.76. The minimum absolute atomic E-state index is 0.247. The van der Waals surface area contributed by atoms with E-state index in [0.29, 0.717) is 18.2 Å². The molecule has 0 spiro atoms. The van der Waals surface area contributed by atoms with Crippen LogP contribution in [0.1, 0.15) is 48.0 Å². The van der Waals surface area contributed by atoms with Crippen LogP contribution in [0.25, 0.3) is 11.0 Å². The maximum absolute atomic E-state index is 11.8. The minimum Gasteiger partial charge on any atom is -0.463 e. The number of nitrogens with zero attached hydrogens (tertiary/aromatic N) is 4. The number of nitrogens with two attached hydrogens (primary N) is 2. The van der Waals surface area contributed by atoms with Crippen molar-refractivity contribution in [2.24, 2.45) is 17.9 Å². The summed E-state index contributed by atoms with van der Waals surface area (Å²) in [4.78, 5) is 26.8. The van der Waals surface area contributed by atoms with E-state index in [4.69, 9.17) is 25.7 Å². The molecule has 2 aromatic carbocycles. The zero-order valence-electron chi connectivity index (χ0n) is 22.3. The lowest BCUT2D eigenvalue weighted by atomic mass is 9.88. The van der Waals surface area contributed by atoms with Crippen molar-refractivity contribution in [3.05, 3.63) is 95.1 Å². The first-order valence-corrected chi connectivity index (χ1v) is 13.1. The van der Waals surface area contributed by atoms with Crippen LogP contribution in [0.4, 0.5) is 0 Å². The van der Waals surface area contributed by atoms with Crippen LogP contribution >= 0.6 is 0 Å². The molecular formula is C30H33N6O3+. The highest BCUT2D eigenvalue weighted by Crippen LogP contribution is 2.51. The molecule has 1 aliphatic carbocycles. The average Bonchev–Trinajstić information content (AvgIpc) is 3.69. The van der Waals surface area contributed by atoms with Gasteiger partial charge >= 0.3 is 5.97 Å². The molecule has 9 heteroatoms. The SMILES string of the molecule is CCOC(=O)CO/N=C(\c1ccccn1)C1(c2ccc3c(c2)nc(CCc2ccc(C(N)=[NH2+])cc2)n3C)CC1. The van der Waals surface area contributed by atoms with Crippen LogP contribution in [0.15, 0.2) is 72.0 Å². The molecule has 0 aliphatic heterocycles. The van der Waals surface area contributed by atoms with Crippen molar-refractivity contribution in [1.29, 1.82) is 0 Å². The molecule has 1 saturated carbocycles. The minimum atomic E-state index is -0.452. The van der Waals surface area contributed by atoms with E-state index in [-0.39, 0.29) is 12.0 Å². The summed E-state index contributed by atoms with van der Waals surface area (Å²) >= 11 is 0. The van der Waals surface area contributed by atoms with E-state index in [1.54, 1.807) is 13.1 Å². The summed E-state index contributed by atoms with van der Waals surface area (Å²) in [5, 5.41) is 10.1. The van der Waals surface area contributed by atoms with Crippen LogP contribution in [0.5, 0.6) is 0 Å². The molecule has 4 N–H and O–H groups in total. The van der Waals surface area contributed by atoms with E-state index in [1.807, 2.05) is 30.3 Å². The summed E-state index contributed by atoms with van der Waals surface area (Å²) in [7, 11) is 2.05. The predicted molar refractivity (Wildman–Crippen MR) is 149 cm³/mol. The Bertz CT molecular complexity index is 1520. The maximum Gasteiger partial charge on any atom is 0.347 e. The number of esters is 1. The van der Waals surface area contributed by atoms with Crippen LogP contribution < -0.4 is 11.1 Å². The van der Waals surface area contributed by atoms with Gasteiger partial charge < -0.3 is 14.1 Å². The maximum atomic E-state index is 11.8. The van der Waals surface area contributed by atoms with Gasteiger partial charge in [0.25, 0.3) is 5.84 Å². The van der Waals surface area contributed by atoms with E-state index in [9.17, 15) is 4.79 Å². The Balaban J connectivity index is 1.40. The lowest BCUT2D eigenvalue weighted by Crippen LogP contribution is -2.46. The van der Waals surface area contributed by atoms with E-state index in [2.05, 4.69) is 52.1 Å². The van der Waals surface area contributed by atoms with Crippen LogP contribution in [0.3, 0.4) is 0 Å². The molecule has 4 aromatic rings. The second-order valence-electron chi connectivity index (χ2n) is 9.76. The Kier molecular flexibility index (Phi) is 7.40. The molecular weight excluding hydrogens is 492 g/mol. The molecule has 1 aliphatic rings. The van der Waals surface area contributed by atoms with Crippen molar-refractivity contribution in [2.75, 3.05) is 13.2 Å². The zero-order chi connectivity index (χ0) is 27.4. The first-order valence-electron chi connectivity index (χ1n) is 13.1. The molecule has 0 atom stereocenters. The second kappa shape index (κ2) is 11.1. The Labute approximate surface area is 227 Å². The van der Waals surface area contributed by atoms with Crippen molar-refractivity contribution >= 4 is 28.6 Å². The number of ether oxygens (including phenoxy) is 1. The normalized spacial score (nSPS) is 14.3. The molecule has 0 bridgehead atoms. The Morgan fingerprint density at radius 3 is 2.59 bits per heavy atom. The molecule has 9 nitrogen and oxygen atoms in total. The van der Waals surface area contributed by atoms with Crippen LogP contribution in [-0.2, 0) is 39.7 Å². The standard InChI is InChI=1S/C30H32N6O3/c1-3-38-27(37)19-39-35-28(23-6-4-5-17-33-23)30(15-16-30)22-12-13-25-24(18-22)34-26(36(25)2)14-9-20-7-10-21(11-8-20)29(31)32/h4-8,10-13,17-18H,3,9,14-16,19H2,1-2H3,(H3,31,32)/p+1/b35-28+. The Hall–Kier alpha value is -4.53. The predicted octanol–water partition coefficient (Wildman–Crippen LogP) is 2.23.